The van der Waals surface area contributed by atoms with Crippen molar-refractivity contribution in [1.82, 2.24) is 9.80 Å². The summed E-state index contributed by atoms with van der Waals surface area (Å²) in [6.07, 6.45) is 0.0174. The zero-order valence-corrected chi connectivity index (χ0v) is 11.6. The predicted octanol–water partition coefficient (Wildman–Crippen LogP) is -4.21. The van der Waals surface area contributed by atoms with E-state index >= 15 is 0 Å². The van der Waals surface area contributed by atoms with Crippen LogP contribution in [0.15, 0.2) is 0 Å². The smallest absolute Gasteiger partial charge is 0.550 e. The van der Waals surface area contributed by atoms with Crippen LogP contribution in [0, 0.1) is 13.8 Å². The Morgan fingerprint density at radius 1 is 1.20 bits per heavy atom. The number of rotatable bonds is 8. The van der Waals surface area contributed by atoms with E-state index in [2.05, 4.69) is 0 Å². The van der Waals surface area contributed by atoms with E-state index < -0.39 is 5.97 Å². The Morgan fingerprint density at radius 2 is 1.80 bits per heavy atom. The number of aliphatic carboxylic acids is 1. The third-order valence-electron chi connectivity index (χ3n) is 2.00. The maximum absolute atomic E-state index is 10.2. The molecule has 0 atom stereocenters. The molecule has 0 amide bonds. The van der Waals surface area contributed by atoms with E-state index in [1.54, 1.807) is 0 Å². The van der Waals surface area contributed by atoms with E-state index in [0.717, 1.165) is 13.1 Å². The molecule has 0 bridgehead atoms. The van der Waals surface area contributed by atoms with Crippen molar-refractivity contribution < 1.29 is 39.5 Å². The Bertz CT molecular complexity index is 168. The Balaban J connectivity index is 0. The molecular formula is C10H17N2NaO2. The fourth-order valence-corrected chi connectivity index (χ4v) is 0.947. The topological polar surface area (TPSA) is 46.6 Å². The molecule has 0 heterocycles. The van der Waals surface area contributed by atoms with Crippen LogP contribution < -0.4 is 34.7 Å². The molecule has 0 aromatic rings. The van der Waals surface area contributed by atoms with Crippen LogP contribution in [0.5, 0.6) is 0 Å². The van der Waals surface area contributed by atoms with Crippen molar-refractivity contribution in [1.29, 1.82) is 0 Å². The van der Waals surface area contributed by atoms with Crippen LogP contribution in [0.2, 0.25) is 0 Å². The van der Waals surface area contributed by atoms with Crippen LogP contribution in [0.3, 0.4) is 0 Å². The average Bonchev–Trinajstić information content (AvgIpc) is 2.17. The minimum atomic E-state index is -1.05. The van der Waals surface area contributed by atoms with Gasteiger partial charge >= 0.3 is 29.6 Å². The van der Waals surface area contributed by atoms with Crippen molar-refractivity contribution in [3.8, 4) is 0 Å². The summed E-state index contributed by atoms with van der Waals surface area (Å²) >= 11 is 0. The van der Waals surface area contributed by atoms with E-state index in [4.69, 9.17) is 13.8 Å². The van der Waals surface area contributed by atoms with Gasteiger partial charge in [0.05, 0.1) is 0 Å². The van der Waals surface area contributed by atoms with Gasteiger partial charge in [0.2, 0.25) is 0 Å². The van der Waals surface area contributed by atoms with E-state index in [-0.39, 0.29) is 36.0 Å². The van der Waals surface area contributed by atoms with Gasteiger partial charge in [-0.1, -0.05) is 0 Å². The minimum absolute atomic E-state index is 0. The number of carboxylic acids is 1. The molecule has 0 aromatic carbocycles. The molecule has 0 N–H and O–H groups in total. The molecule has 80 valence electrons. The molecule has 0 aliphatic carbocycles. The van der Waals surface area contributed by atoms with Crippen molar-refractivity contribution in [2.45, 2.75) is 6.42 Å². The third-order valence-corrected chi connectivity index (χ3v) is 2.00. The molecule has 0 unspecified atom stereocenters. The number of nitrogens with zero attached hydrogens (tertiary/aromatic N) is 2. The van der Waals surface area contributed by atoms with Crippen LogP contribution in [0.1, 0.15) is 6.42 Å². The van der Waals surface area contributed by atoms with Crippen LogP contribution in [-0.4, -0.2) is 55.5 Å². The fraction of sp³-hybridized carbons (Fsp3) is 0.700. The zero-order valence-electron chi connectivity index (χ0n) is 9.61. The Labute approximate surface area is 115 Å². The van der Waals surface area contributed by atoms with Crippen LogP contribution in [-0.2, 0) is 4.79 Å². The summed E-state index contributed by atoms with van der Waals surface area (Å²) in [5, 5.41) is 10.2. The summed E-state index contributed by atoms with van der Waals surface area (Å²) in [6.45, 7) is 13.6. The molecule has 15 heavy (non-hydrogen) atoms. The molecule has 0 saturated heterocycles. The maximum Gasteiger partial charge on any atom is 1.00 e. The Kier molecular flexibility index (Phi) is 12.9. The van der Waals surface area contributed by atoms with Gasteiger partial charge in [-0.2, -0.15) is 0 Å². The van der Waals surface area contributed by atoms with Gasteiger partial charge in [0.1, 0.15) is 0 Å². The average molecular weight is 220 g/mol. The zero-order chi connectivity index (χ0) is 11.0. The number of carbonyl (C=O) groups is 1. The van der Waals surface area contributed by atoms with E-state index in [0.29, 0.717) is 19.6 Å². The number of likely N-dealkylation sites (N-methyl/N-ethyl adjacent to an activating group) is 1. The van der Waals surface area contributed by atoms with Crippen molar-refractivity contribution in [3.63, 3.8) is 0 Å². The van der Waals surface area contributed by atoms with Crippen molar-refractivity contribution in [2.24, 2.45) is 0 Å². The van der Waals surface area contributed by atoms with Crippen LogP contribution >= 0.6 is 0 Å². The quantitative estimate of drug-likeness (QED) is 0.389. The summed E-state index contributed by atoms with van der Waals surface area (Å²) in [5.41, 5.74) is 0. The van der Waals surface area contributed by atoms with Gasteiger partial charge in [0, 0.05) is 38.7 Å². The number of carboxylic acid groups (broad SMARTS) is 1. The van der Waals surface area contributed by atoms with E-state index in [1.807, 2.05) is 16.8 Å². The first-order valence-corrected chi connectivity index (χ1v) is 4.61. The van der Waals surface area contributed by atoms with Gasteiger partial charge in [-0.3, -0.25) is 0 Å². The first-order chi connectivity index (χ1) is 6.60. The molecule has 0 saturated carbocycles. The number of hydrogen-bond donors (Lipinski definition) is 0. The van der Waals surface area contributed by atoms with Crippen molar-refractivity contribution in [2.75, 3.05) is 39.8 Å². The predicted molar refractivity (Wildman–Crippen MR) is 52.2 cm³/mol. The SMILES string of the molecule is [CH]CN(C)CCN(C[CH])CCC(=O)[O-].[Na+]. The molecule has 5 heteroatoms. The van der Waals surface area contributed by atoms with Crippen LogP contribution in [0.25, 0.3) is 0 Å². The molecule has 4 radical (unpaired) electrons. The standard InChI is InChI=1S/C10H18N2O2.Na/c1-4-11(3)8-9-12(5-2)7-6-10(13)14;/h1-2H,4-9H2,3H3,(H,13,14);/q;+1/p-1. The number of carbonyl (C=O) groups excluding carboxylic acids is 1. The third kappa shape index (κ3) is 10.7. The largest absolute Gasteiger partial charge is 1.00 e. The summed E-state index contributed by atoms with van der Waals surface area (Å²) in [7, 11) is 1.90. The second kappa shape index (κ2) is 10.9. The van der Waals surface area contributed by atoms with Gasteiger partial charge in [0.25, 0.3) is 0 Å². The van der Waals surface area contributed by atoms with Crippen molar-refractivity contribution in [3.05, 3.63) is 13.8 Å². The van der Waals surface area contributed by atoms with E-state index in [1.165, 1.54) is 0 Å². The maximum atomic E-state index is 10.2. The van der Waals surface area contributed by atoms with E-state index in [9.17, 15) is 9.90 Å². The fourth-order valence-electron chi connectivity index (χ4n) is 0.947. The first-order valence-electron chi connectivity index (χ1n) is 4.61. The van der Waals surface area contributed by atoms with Gasteiger partial charge in [-0.25, -0.2) is 0 Å². The molecule has 0 rings (SSSR count). The summed E-state index contributed by atoms with van der Waals surface area (Å²) < 4.78 is 0. The summed E-state index contributed by atoms with van der Waals surface area (Å²) in [6, 6.07) is 0. The minimum Gasteiger partial charge on any atom is -0.550 e. The summed E-state index contributed by atoms with van der Waals surface area (Å²) in [5.74, 6) is -1.05. The van der Waals surface area contributed by atoms with Gasteiger partial charge < -0.3 is 19.7 Å². The molecule has 0 aromatic heterocycles. The Hall–Kier alpha value is 0.390. The molecule has 4 nitrogen and oxygen atoms in total. The molecule has 0 fully saturated rings. The number of hydrogen-bond acceptors (Lipinski definition) is 4. The van der Waals surface area contributed by atoms with Gasteiger partial charge in [-0.05, 0) is 27.3 Å². The second-order valence-electron chi connectivity index (χ2n) is 3.18. The molecular weight excluding hydrogens is 203 g/mol. The Morgan fingerprint density at radius 3 is 2.20 bits per heavy atom. The molecule has 0 aliphatic rings. The second-order valence-corrected chi connectivity index (χ2v) is 3.18. The van der Waals surface area contributed by atoms with Crippen molar-refractivity contribution >= 4 is 5.97 Å². The molecule has 0 aliphatic heterocycles. The normalized spacial score (nSPS) is 10.5. The van der Waals surface area contributed by atoms with Gasteiger partial charge in [0.15, 0.2) is 0 Å². The summed E-state index contributed by atoms with van der Waals surface area (Å²) in [4.78, 5) is 14.0. The van der Waals surface area contributed by atoms with Crippen LogP contribution in [0.4, 0.5) is 0 Å². The monoisotopic (exact) mass is 220 g/mol. The van der Waals surface area contributed by atoms with Gasteiger partial charge in [-0.15, -0.1) is 0 Å². The first kappa shape index (κ1) is 17.8. The molecule has 0 spiro atoms.